The molecule has 1 aromatic heterocycles. The van der Waals surface area contributed by atoms with Crippen molar-refractivity contribution in [3.63, 3.8) is 0 Å². The van der Waals surface area contributed by atoms with Gasteiger partial charge in [0.2, 0.25) is 0 Å². The molecule has 2 rings (SSSR count). The molecule has 18 heavy (non-hydrogen) atoms. The van der Waals surface area contributed by atoms with Crippen molar-refractivity contribution >= 4 is 5.97 Å². The van der Waals surface area contributed by atoms with E-state index in [1.807, 2.05) is 48.3 Å². The fourth-order valence-electron chi connectivity index (χ4n) is 1.80. The summed E-state index contributed by atoms with van der Waals surface area (Å²) in [6, 6.07) is 7.96. The van der Waals surface area contributed by atoms with Crippen LogP contribution in [-0.4, -0.2) is 20.9 Å². The highest BCUT2D eigenvalue weighted by atomic mass is 16.4. The zero-order valence-electron chi connectivity index (χ0n) is 10.3. The van der Waals surface area contributed by atoms with Crippen LogP contribution in [0, 0.1) is 0 Å². The van der Waals surface area contributed by atoms with Crippen molar-refractivity contribution < 1.29 is 9.90 Å². The van der Waals surface area contributed by atoms with Crippen LogP contribution in [0.2, 0.25) is 0 Å². The van der Waals surface area contributed by atoms with Gasteiger partial charge in [-0.25, -0.2) is 0 Å². The molecule has 2 aromatic rings. The number of carboxylic acids is 1. The molecular formula is C14H16N2O2. The lowest BCUT2D eigenvalue weighted by atomic mass is 10.0. The molecule has 1 N–H and O–H groups in total. The normalized spacial score (nSPS) is 10.5. The summed E-state index contributed by atoms with van der Waals surface area (Å²) in [4.78, 5) is 10.5. The third-order valence-corrected chi connectivity index (χ3v) is 2.87. The first-order valence-corrected chi connectivity index (χ1v) is 6.02. The summed E-state index contributed by atoms with van der Waals surface area (Å²) < 4.78 is 1.88. The molecule has 94 valence electrons. The van der Waals surface area contributed by atoms with Gasteiger partial charge in [0.05, 0.1) is 6.20 Å². The van der Waals surface area contributed by atoms with E-state index in [9.17, 15) is 4.79 Å². The number of hydrogen-bond donors (Lipinski definition) is 1. The quantitative estimate of drug-likeness (QED) is 0.879. The highest BCUT2D eigenvalue weighted by molar-refractivity contribution is 5.67. The second-order valence-corrected chi connectivity index (χ2v) is 4.18. The average Bonchev–Trinajstić information content (AvgIpc) is 2.85. The zero-order chi connectivity index (χ0) is 13.0. The lowest BCUT2D eigenvalue weighted by molar-refractivity contribution is -0.136. The first kappa shape index (κ1) is 12.4. The maximum absolute atomic E-state index is 10.5. The van der Waals surface area contributed by atoms with Crippen molar-refractivity contribution in [2.45, 2.75) is 26.3 Å². The molecule has 0 atom stereocenters. The Balaban J connectivity index is 2.09. The summed E-state index contributed by atoms with van der Waals surface area (Å²) in [5.41, 5.74) is 3.24. The lowest BCUT2D eigenvalue weighted by Crippen LogP contribution is -1.97. The van der Waals surface area contributed by atoms with Crippen LogP contribution in [0.3, 0.4) is 0 Å². The monoisotopic (exact) mass is 244 g/mol. The van der Waals surface area contributed by atoms with Crippen molar-refractivity contribution in [3.8, 4) is 11.1 Å². The molecule has 0 saturated carbocycles. The van der Waals surface area contributed by atoms with Gasteiger partial charge >= 0.3 is 5.97 Å². The van der Waals surface area contributed by atoms with Crippen LogP contribution in [0.25, 0.3) is 11.1 Å². The van der Waals surface area contributed by atoms with Gasteiger partial charge in [-0.15, -0.1) is 0 Å². The first-order chi connectivity index (χ1) is 8.69. The third-order valence-electron chi connectivity index (χ3n) is 2.87. The second kappa shape index (κ2) is 5.49. The van der Waals surface area contributed by atoms with Gasteiger partial charge in [-0.05, 0) is 24.5 Å². The van der Waals surface area contributed by atoms with Crippen LogP contribution in [0.5, 0.6) is 0 Å². The van der Waals surface area contributed by atoms with E-state index in [-0.39, 0.29) is 6.42 Å². The predicted octanol–water partition coefficient (Wildman–Crippen LogP) is 2.59. The van der Waals surface area contributed by atoms with Crippen molar-refractivity contribution in [3.05, 3.63) is 42.2 Å². The molecule has 0 aliphatic heterocycles. The van der Waals surface area contributed by atoms with E-state index in [4.69, 9.17) is 5.11 Å². The largest absolute Gasteiger partial charge is 0.481 e. The van der Waals surface area contributed by atoms with Crippen LogP contribution >= 0.6 is 0 Å². The van der Waals surface area contributed by atoms with Crippen LogP contribution in [-0.2, 0) is 17.8 Å². The summed E-state index contributed by atoms with van der Waals surface area (Å²) in [5, 5.41) is 12.9. The number of benzene rings is 1. The standard InChI is InChI=1S/C14H16N2O2/c1-2-16-10-13(9-15-16)12-6-3-11(4-7-12)5-8-14(17)18/h3-4,6-7,9-10H,2,5,8H2,1H3,(H,17,18). The zero-order valence-corrected chi connectivity index (χ0v) is 10.3. The number of aromatic nitrogens is 2. The minimum absolute atomic E-state index is 0.174. The number of hydrogen-bond acceptors (Lipinski definition) is 2. The average molecular weight is 244 g/mol. The van der Waals surface area contributed by atoms with Gasteiger partial charge in [0, 0.05) is 24.7 Å². The maximum Gasteiger partial charge on any atom is 0.303 e. The smallest absolute Gasteiger partial charge is 0.303 e. The fourth-order valence-corrected chi connectivity index (χ4v) is 1.80. The molecule has 0 fully saturated rings. The molecule has 0 spiro atoms. The molecule has 1 aromatic carbocycles. The Labute approximate surface area is 106 Å². The Hall–Kier alpha value is -2.10. The molecule has 4 nitrogen and oxygen atoms in total. The molecule has 0 radical (unpaired) electrons. The molecule has 0 amide bonds. The van der Waals surface area contributed by atoms with E-state index >= 15 is 0 Å². The van der Waals surface area contributed by atoms with Crippen LogP contribution in [0.4, 0.5) is 0 Å². The Morgan fingerprint density at radius 2 is 2.00 bits per heavy atom. The summed E-state index contributed by atoms with van der Waals surface area (Å²) >= 11 is 0. The lowest BCUT2D eigenvalue weighted by Gasteiger charge is -2.01. The van der Waals surface area contributed by atoms with E-state index in [2.05, 4.69) is 5.10 Å². The molecule has 1 heterocycles. The second-order valence-electron chi connectivity index (χ2n) is 4.18. The SMILES string of the molecule is CCn1cc(-c2ccc(CCC(=O)O)cc2)cn1. The van der Waals surface area contributed by atoms with Crippen molar-refractivity contribution in [2.75, 3.05) is 0 Å². The molecule has 0 saturated heterocycles. The van der Waals surface area contributed by atoms with Gasteiger partial charge < -0.3 is 5.11 Å². The number of carboxylic acid groups (broad SMARTS) is 1. The van der Waals surface area contributed by atoms with Crippen LogP contribution in [0.15, 0.2) is 36.7 Å². The van der Waals surface area contributed by atoms with E-state index in [0.717, 1.165) is 23.2 Å². The number of aryl methyl sites for hydroxylation is 2. The molecule has 0 aliphatic rings. The maximum atomic E-state index is 10.5. The van der Waals surface area contributed by atoms with Gasteiger partial charge in [0.25, 0.3) is 0 Å². The summed E-state index contributed by atoms with van der Waals surface area (Å²) in [6.07, 6.45) is 4.60. The topological polar surface area (TPSA) is 55.1 Å². The Morgan fingerprint density at radius 3 is 2.56 bits per heavy atom. The van der Waals surface area contributed by atoms with Gasteiger partial charge in [0.1, 0.15) is 0 Å². The summed E-state index contributed by atoms with van der Waals surface area (Å²) in [5.74, 6) is -0.761. The van der Waals surface area contributed by atoms with Crippen molar-refractivity contribution in [1.29, 1.82) is 0 Å². The minimum atomic E-state index is -0.761. The van der Waals surface area contributed by atoms with E-state index < -0.39 is 5.97 Å². The molecule has 0 unspecified atom stereocenters. The van der Waals surface area contributed by atoms with Gasteiger partial charge in [-0.3, -0.25) is 9.48 Å². The Kier molecular flexibility index (Phi) is 3.77. The highest BCUT2D eigenvalue weighted by Crippen LogP contribution is 2.19. The third kappa shape index (κ3) is 2.97. The first-order valence-electron chi connectivity index (χ1n) is 6.02. The molecule has 0 aliphatic carbocycles. The number of aliphatic carboxylic acids is 1. The number of carbonyl (C=O) groups is 1. The van der Waals surface area contributed by atoms with Gasteiger partial charge in [-0.2, -0.15) is 5.10 Å². The summed E-state index contributed by atoms with van der Waals surface area (Å²) in [6.45, 7) is 2.91. The number of rotatable bonds is 5. The minimum Gasteiger partial charge on any atom is -0.481 e. The molecule has 4 heteroatoms. The predicted molar refractivity (Wildman–Crippen MR) is 69.3 cm³/mol. The van der Waals surface area contributed by atoms with Crippen molar-refractivity contribution in [1.82, 2.24) is 9.78 Å². The van der Waals surface area contributed by atoms with Gasteiger partial charge in [0.15, 0.2) is 0 Å². The fraction of sp³-hybridized carbons (Fsp3) is 0.286. The van der Waals surface area contributed by atoms with E-state index in [1.54, 1.807) is 0 Å². The molecular weight excluding hydrogens is 228 g/mol. The van der Waals surface area contributed by atoms with Crippen LogP contribution < -0.4 is 0 Å². The van der Waals surface area contributed by atoms with Crippen molar-refractivity contribution in [2.24, 2.45) is 0 Å². The Morgan fingerprint density at radius 1 is 1.28 bits per heavy atom. The van der Waals surface area contributed by atoms with Gasteiger partial charge in [-0.1, -0.05) is 24.3 Å². The van der Waals surface area contributed by atoms with Crippen LogP contribution in [0.1, 0.15) is 18.9 Å². The molecule has 0 bridgehead atoms. The highest BCUT2D eigenvalue weighted by Gasteiger charge is 2.02. The van der Waals surface area contributed by atoms with E-state index in [0.29, 0.717) is 6.42 Å². The summed E-state index contributed by atoms with van der Waals surface area (Å²) in [7, 11) is 0. The number of nitrogens with zero attached hydrogens (tertiary/aromatic N) is 2. The van der Waals surface area contributed by atoms with E-state index in [1.165, 1.54) is 0 Å². The Bertz CT molecular complexity index is 529.